The third-order valence-corrected chi connectivity index (χ3v) is 2.83. The van der Waals surface area contributed by atoms with Crippen LogP contribution in [0.25, 0.3) is 0 Å². The van der Waals surface area contributed by atoms with Gasteiger partial charge >= 0.3 is 6.03 Å². The van der Waals surface area contributed by atoms with Crippen LogP contribution in [0, 0.1) is 0 Å². The van der Waals surface area contributed by atoms with Gasteiger partial charge in [0.1, 0.15) is 30.6 Å². The van der Waals surface area contributed by atoms with E-state index in [1.807, 2.05) is 6.92 Å². The minimum atomic E-state index is -0.271. The SMILES string of the molecule is CCNC(=O)Nc1ccc(Oc2ncnc(N)c2C=NOC)cc1. The Bertz CT molecular complexity index is 718. The summed E-state index contributed by atoms with van der Waals surface area (Å²) in [5.74, 6) is 0.977. The molecule has 4 N–H and O–H groups in total. The Morgan fingerprint density at radius 1 is 1.33 bits per heavy atom. The van der Waals surface area contributed by atoms with Crippen LogP contribution in [0.5, 0.6) is 11.6 Å². The molecule has 0 atom stereocenters. The predicted octanol–water partition coefficient (Wildman–Crippen LogP) is 1.97. The Labute approximate surface area is 138 Å². The third kappa shape index (κ3) is 4.57. The normalized spacial score (nSPS) is 10.4. The molecule has 0 saturated heterocycles. The van der Waals surface area contributed by atoms with E-state index in [-0.39, 0.29) is 17.7 Å². The standard InChI is InChI=1S/C15H18N6O3/c1-3-17-15(22)21-10-4-6-11(7-5-10)24-14-12(8-20-23-2)13(16)18-9-19-14/h4-9H,3H2,1-2H3,(H2,16,18,19)(H2,17,21,22). The van der Waals surface area contributed by atoms with Gasteiger partial charge in [0.25, 0.3) is 0 Å². The first-order chi connectivity index (χ1) is 11.6. The van der Waals surface area contributed by atoms with E-state index >= 15 is 0 Å². The zero-order valence-electron chi connectivity index (χ0n) is 13.3. The molecule has 0 radical (unpaired) electrons. The number of amides is 2. The summed E-state index contributed by atoms with van der Waals surface area (Å²) in [6.07, 6.45) is 2.66. The van der Waals surface area contributed by atoms with Gasteiger partial charge in [-0.25, -0.2) is 14.8 Å². The first-order valence-corrected chi connectivity index (χ1v) is 7.13. The van der Waals surface area contributed by atoms with E-state index in [0.717, 1.165) is 0 Å². The first-order valence-electron chi connectivity index (χ1n) is 7.13. The van der Waals surface area contributed by atoms with Crippen molar-refractivity contribution in [1.29, 1.82) is 0 Å². The number of benzene rings is 1. The Balaban J connectivity index is 2.13. The lowest BCUT2D eigenvalue weighted by Crippen LogP contribution is -2.28. The summed E-state index contributed by atoms with van der Waals surface area (Å²) >= 11 is 0. The smallest absolute Gasteiger partial charge is 0.319 e. The van der Waals surface area contributed by atoms with Gasteiger partial charge in [-0.3, -0.25) is 0 Å². The highest BCUT2D eigenvalue weighted by Gasteiger charge is 2.10. The highest BCUT2D eigenvalue weighted by atomic mass is 16.6. The fourth-order valence-corrected chi connectivity index (χ4v) is 1.75. The fourth-order valence-electron chi connectivity index (χ4n) is 1.75. The van der Waals surface area contributed by atoms with Crippen molar-refractivity contribution in [2.24, 2.45) is 5.16 Å². The highest BCUT2D eigenvalue weighted by Crippen LogP contribution is 2.25. The molecular formula is C15H18N6O3. The number of nitrogens with zero attached hydrogens (tertiary/aromatic N) is 3. The topological polar surface area (TPSA) is 124 Å². The minimum Gasteiger partial charge on any atom is -0.438 e. The first kappa shape index (κ1) is 17.0. The Morgan fingerprint density at radius 2 is 2.08 bits per heavy atom. The molecule has 24 heavy (non-hydrogen) atoms. The van der Waals surface area contributed by atoms with Crippen molar-refractivity contribution in [2.45, 2.75) is 6.92 Å². The summed E-state index contributed by atoms with van der Waals surface area (Å²) in [6, 6.07) is 6.53. The predicted molar refractivity (Wildman–Crippen MR) is 90.3 cm³/mol. The van der Waals surface area contributed by atoms with Crippen LogP contribution in [0.3, 0.4) is 0 Å². The lowest BCUT2D eigenvalue weighted by molar-refractivity contribution is 0.215. The van der Waals surface area contributed by atoms with E-state index in [1.54, 1.807) is 24.3 Å². The number of nitrogen functional groups attached to an aromatic ring is 1. The number of rotatable bonds is 6. The minimum absolute atomic E-state index is 0.218. The second-order valence-electron chi connectivity index (χ2n) is 4.51. The molecule has 0 saturated carbocycles. The lowest BCUT2D eigenvalue weighted by Gasteiger charge is -2.10. The van der Waals surface area contributed by atoms with Gasteiger partial charge in [0.2, 0.25) is 5.88 Å². The number of hydrogen-bond acceptors (Lipinski definition) is 7. The maximum atomic E-state index is 11.5. The quantitative estimate of drug-likeness (QED) is 0.549. The second-order valence-corrected chi connectivity index (χ2v) is 4.51. The van der Waals surface area contributed by atoms with Gasteiger partial charge in [-0.15, -0.1) is 0 Å². The number of urea groups is 1. The Kier molecular flexibility index (Phi) is 5.89. The molecule has 2 rings (SSSR count). The van der Waals surface area contributed by atoms with E-state index in [9.17, 15) is 4.79 Å². The van der Waals surface area contributed by atoms with E-state index in [1.165, 1.54) is 19.7 Å². The number of aromatic nitrogens is 2. The largest absolute Gasteiger partial charge is 0.438 e. The van der Waals surface area contributed by atoms with Crippen LogP contribution in [-0.2, 0) is 4.84 Å². The van der Waals surface area contributed by atoms with Crippen LogP contribution >= 0.6 is 0 Å². The molecule has 0 unspecified atom stereocenters. The average Bonchev–Trinajstić information content (AvgIpc) is 2.56. The number of nitrogens with one attached hydrogen (secondary N) is 2. The van der Waals surface area contributed by atoms with Crippen molar-refractivity contribution in [1.82, 2.24) is 15.3 Å². The van der Waals surface area contributed by atoms with Gasteiger partial charge in [-0.2, -0.15) is 0 Å². The van der Waals surface area contributed by atoms with Crippen LogP contribution in [0.2, 0.25) is 0 Å². The number of hydrogen-bond donors (Lipinski definition) is 3. The molecule has 0 aliphatic heterocycles. The summed E-state index contributed by atoms with van der Waals surface area (Å²) < 4.78 is 5.69. The van der Waals surface area contributed by atoms with Crippen molar-refractivity contribution in [3.05, 3.63) is 36.2 Å². The van der Waals surface area contributed by atoms with Gasteiger partial charge in [-0.1, -0.05) is 5.16 Å². The van der Waals surface area contributed by atoms with Crippen molar-refractivity contribution in [2.75, 3.05) is 24.7 Å². The molecule has 9 nitrogen and oxygen atoms in total. The second kappa shape index (κ2) is 8.32. The number of anilines is 2. The van der Waals surface area contributed by atoms with Crippen LogP contribution in [-0.4, -0.2) is 35.9 Å². The molecule has 0 aliphatic carbocycles. The third-order valence-electron chi connectivity index (χ3n) is 2.83. The van der Waals surface area contributed by atoms with Crippen molar-refractivity contribution >= 4 is 23.8 Å². The number of carbonyl (C=O) groups excluding carboxylic acids is 1. The molecule has 2 aromatic rings. The molecule has 0 bridgehead atoms. The molecule has 0 spiro atoms. The number of ether oxygens (including phenoxy) is 1. The zero-order valence-corrected chi connectivity index (χ0v) is 13.3. The molecule has 0 fully saturated rings. The summed E-state index contributed by atoms with van der Waals surface area (Å²) in [4.78, 5) is 24.0. The molecule has 2 amide bonds. The molecule has 1 aromatic carbocycles. The Morgan fingerprint density at radius 3 is 2.75 bits per heavy atom. The molecule has 1 heterocycles. The van der Waals surface area contributed by atoms with Gasteiger partial charge in [-0.05, 0) is 31.2 Å². The fraction of sp³-hybridized carbons (Fsp3) is 0.200. The van der Waals surface area contributed by atoms with Gasteiger partial charge in [0.15, 0.2) is 0 Å². The molecule has 1 aromatic heterocycles. The van der Waals surface area contributed by atoms with Gasteiger partial charge in [0.05, 0.1) is 6.21 Å². The Hall–Kier alpha value is -3.36. The van der Waals surface area contributed by atoms with Crippen molar-refractivity contribution in [3.8, 4) is 11.6 Å². The van der Waals surface area contributed by atoms with Gasteiger partial charge in [0, 0.05) is 12.2 Å². The molecule has 9 heteroatoms. The van der Waals surface area contributed by atoms with Crippen LogP contribution in [0.15, 0.2) is 35.7 Å². The van der Waals surface area contributed by atoms with E-state index in [4.69, 9.17) is 10.5 Å². The van der Waals surface area contributed by atoms with Crippen LogP contribution in [0.4, 0.5) is 16.3 Å². The van der Waals surface area contributed by atoms with Crippen molar-refractivity contribution in [3.63, 3.8) is 0 Å². The van der Waals surface area contributed by atoms with E-state index < -0.39 is 0 Å². The van der Waals surface area contributed by atoms with E-state index in [2.05, 4.69) is 30.6 Å². The average molecular weight is 330 g/mol. The monoisotopic (exact) mass is 330 g/mol. The maximum Gasteiger partial charge on any atom is 0.319 e. The van der Waals surface area contributed by atoms with Gasteiger partial charge < -0.3 is 25.9 Å². The summed E-state index contributed by atoms with van der Waals surface area (Å²) in [7, 11) is 1.41. The van der Waals surface area contributed by atoms with E-state index in [0.29, 0.717) is 23.5 Å². The summed E-state index contributed by atoms with van der Waals surface area (Å²) in [5.41, 5.74) is 6.83. The zero-order chi connectivity index (χ0) is 17.4. The molecule has 126 valence electrons. The number of oxime groups is 1. The molecule has 0 aliphatic rings. The molecular weight excluding hydrogens is 312 g/mol. The summed E-state index contributed by atoms with van der Waals surface area (Å²) in [5, 5.41) is 8.99. The summed E-state index contributed by atoms with van der Waals surface area (Å²) in [6.45, 7) is 2.39. The highest BCUT2D eigenvalue weighted by molar-refractivity contribution is 5.89. The maximum absolute atomic E-state index is 11.5. The lowest BCUT2D eigenvalue weighted by atomic mass is 10.3. The van der Waals surface area contributed by atoms with Crippen LogP contribution in [0.1, 0.15) is 12.5 Å². The van der Waals surface area contributed by atoms with Crippen LogP contribution < -0.4 is 21.1 Å². The van der Waals surface area contributed by atoms with Crippen molar-refractivity contribution < 1.29 is 14.4 Å². The number of carbonyl (C=O) groups is 1. The number of nitrogens with two attached hydrogens (primary N) is 1.